The summed E-state index contributed by atoms with van der Waals surface area (Å²) in [6.45, 7) is 14.5. The highest BCUT2D eigenvalue weighted by molar-refractivity contribution is 6.74. The van der Waals surface area contributed by atoms with Gasteiger partial charge in [-0.3, -0.25) is 0 Å². The Morgan fingerprint density at radius 3 is 1.89 bits per heavy atom. The molecule has 0 heterocycles. The van der Waals surface area contributed by atoms with Crippen molar-refractivity contribution in [2.75, 3.05) is 33.8 Å². The molecule has 8 nitrogen and oxygen atoms in total. The van der Waals surface area contributed by atoms with Gasteiger partial charge in [-0.05, 0) is 35.8 Å². The predicted octanol–water partition coefficient (Wildman–Crippen LogP) is 5.90. The van der Waals surface area contributed by atoms with E-state index < -0.39 is 20.3 Å². The minimum absolute atomic E-state index is 0.0352. The lowest BCUT2D eigenvalue weighted by Crippen LogP contribution is -2.44. The van der Waals surface area contributed by atoms with E-state index in [4.69, 9.17) is 23.4 Å². The summed E-state index contributed by atoms with van der Waals surface area (Å²) in [4.78, 5) is 12.0. The van der Waals surface area contributed by atoms with Gasteiger partial charge < -0.3 is 33.8 Å². The topological polar surface area (TPSA) is 95.5 Å². The molecule has 2 aromatic carbocycles. The van der Waals surface area contributed by atoms with E-state index in [0.717, 1.165) is 0 Å². The van der Waals surface area contributed by atoms with Crippen LogP contribution < -0.4 is 28.7 Å². The molecule has 192 valence electrons. The fourth-order valence-corrected chi connectivity index (χ4v) is 4.22. The average Bonchev–Trinajstić information content (AvgIpc) is 2.80. The third-order valence-corrected chi connectivity index (χ3v) is 10.6. The molecule has 0 bridgehead atoms. The van der Waals surface area contributed by atoms with Crippen molar-refractivity contribution >= 4 is 20.0 Å². The number of nitrogens with one attached hydrogen (secondary N) is 1. The van der Waals surface area contributed by atoms with Gasteiger partial charge in [0.2, 0.25) is 5.75 Å². The maximum Gasteiger partial charge on any atom is 0.333 e. The Morgan fingerprint density at radius 1 is 0.914 bits per heavy atom. The van der Waals surface area contributed by atoms with Crippen LogP contribution >= 0.6 is 0 Å². The van der Waals surface area contributed by atoms with Crippen LogP contribution in [0.15, 0.2) is 42.5 Å². The lowest BCUT2D eigenvalue weighted by Gasteiger charge is -2.37. The van der Waals surface area contributed by atoms with Crippen LogP contribution in [0.25, 0.3) is 0 Å². The van der Waals surface area contributed by atoms with Gasteiger partial charge in [0, 0.05) is 17.8 Å². The van der Waals surface area contributed by atoms with Crippen LogP contribution in [0.4, 0.5) is 5.69 Å². The number of carbonyl (C=O) groups is 1. The summed E-state index contributed by atoms with van der Waals surface area (Å²) in [5.74, 6) is 1.32. The number of rotatable bonds is 11. The fraction of sp³-hybridized carbons (Fsp3) is 0.423. The Morgan fingerprint density at radius 2 is 1.46 bits per heavy atom. The molecule has 2 N–H and O–H groups in total. The van der Waals surface area contributed by atoms with E-state index in [2.05, 4.69) is 45.8 Å². The van der Waals surface area contributed by atoms with Crippen molar-refractivity contribution in [3.05, 3.63) is 48.0 Å². The molecule has 2 rings (SSSR count). The second-order valence-electron chi connectivity index (χ2n) is 9.59. The molecule has 35 heavy (non-hydrogen) atoms. The van der Waals surface area contributed by atoms with Crippen molar-refractivity contribution in [2.24, 2.45) is 0 Å². The van der Waals surface area contributed by atoms with E-state index in [1.165, 1.54) is 21.3 Å². The quantitative estimate of drug-likeness (QED) is 0.289. The highest BCUT2D eigenvalue weighted by Crippen LogP contribution is 2.43. The maximum absolute atomic E-state index is 12.0. The summed E-state index contributed by atoms with van der Waals surface area (Å²) in [7, 11) is 3.93. The lowest BCUT2D eigenvalue weighted by atomic mass is 9.98. The molecule has 0 saturated carbocycles. The Balaban J connectivity index is 2.59. The van der Waals surface area contributed by atoms with E-state index in [0.29, 0.717) is 40.0 Å². The van der Waals surface area contributed by atoms with Crippen molar-refractivity contribution in [2.45, 2.75) is 44.9 Å². The first kappa shape index (κ1) is 27.9. The first-order chi connectivity index (χ1) is 16.3. The van der Waals surface area contributed by atoms with Gasteiger partial charge in [-0.2, -0.15) is 0 Å². The van der Waals surface area contributed by atoms with E-state index in [1.807, 2.05) is 6.07 Å². The minimum Gasteiger partial charge on any atom is -0.541 e. The molecular formula is C26H37NO7Si. The van der Waals surface area contributed by atoms with E-state index in [1.54, 1.807) is 31.4 Å². The highest BCUT2D eigenvalue weighted by Gasteiger charge is 2.39. The second-order valence-corrected chi connectivity index (χ2v) is 14.3. The number of benzene rings is 2. The summed E-state index contributed by atoms with van der Waals surface area (Å²) in [5, 5.41) is 13.0. The van der Waals surface area contributed by atoms with Crippen LogP contribution in [-0.2, 0) is 4.79 Å². The number of ether oxygens (including phenoxy) is 4. The zero-order chi connectivity index (χ0) is 26.6. The zero-order valence-electron chi connectivity index (χ0n) is 22.1. The average molecular weight is 504 g/mol. The van der Waals surface area contributed by atoms with Crippen LogP contribution in [0, 0.1) is 0 Å². The van der Waals surface area contributed by atoms with Crippen LogP contribution in [-0.4, -0.2) is 47.8 Å². The van der Waals surface area contributed by atoms with Gasteiger partial charge in [0.1, 0.15) is 5.75 Å². The van der Waals surface area contributed by atoms with Crippen molar-refractivity contribution in [1.29, 1.82) is 0 Å². The van der Waals surface area contributed by atoms with Crippen LogP contribution in [0.2, 0.25) is 18.1 Å². The Hall–Kier alpha value is -3.33. The Labute approximate surface area is 208 Å². The van der Waals surface area contributed by atoms with Gasteiger partial charge in [0.05, 0.1) is 40.1 Å². The monoisotopic (exact) mass is 503 g/mol. The summed E-state index contributed by atoms with van der Waals surface area (Å²) in [6, 6.07) is 8.02. The molecule has 0 spiro atoms. The molecular weight excluding hydrogens is 466 g/mol. The van der Waals surface area contributed by atoms with Crippen molar-refractivity contribution < 1.29 is 33.3 Å². The third kappa shape index (κ3) is 6.22. The van der Waals surface area contributed by atoms with Gasteiger partial charge in [-0.15, -0.1) is 0 Å². The zero-order valence-corrected chi connectivity index (χ0v) is 23.1. The molecule has 0 saturated heterocycles. The smallest absolute Gasteiger partial charge is 0.333 e. The largest absolute Gasteiger partial charge is 0.541 e. The van der Waals surface area contributed by atoms with Gasteiger partial charge >= 0.3 is 5.97 Å². The molecule has 0 aliphatic carbocycles. The van der Waals surface area contributed by atoms with Crippen LogP contribution in [0.3, 0.4) is 0 Å². The number of carboxylic acid groups (broad SMARTS) is 1. The minimum atomic E-state index is -2.20. The number of anilines is 1. The number of hydrogen-bond acceptors (Lipinski definition) is 7. The highest BCUT2D eigenvalue weighted by atomic mass is 28.4. The first-order valence-electron chi connectivity index (χ1n) is 11.1. The van der Waals surface area contributed by atoms with E-state index in [-0.39, 0.29) is 10.6 Å². The molecule has 0 unspecified atom stereocenters. The number of methoxy groups -OCH3 is 4. The fourth-order valence-electron chi connectivity index (χ4n) is 3.21. The van der Waals surface area contributed by atoms with Crippen molar-refractivity contribution in [1.82, 2.24) is 0 Å². The molecule has 0 amide bonds. The SMILES string of the molecule is C=C(C(=O)O)[C@@H](Nc1cc(OC)c(OC)c(OC)c1)c1ccc(OC)c(O[Si](C)(C)C(C)(C)C)c1. The third-order valence-electron chi connectivity index (χ3n) is 6.29. The van der Waals surface area contributed by atoms with Gasteiger partial charge in [0.15, 0.2) is 17.2 Å². The summed E-state index contributed by atoms with van der Waals surface area (Å²) in [5.41, 5.74) is 1.18. The molecule has 2 aromatic rings. The normalized spacial score (nSPS) is 12.4. The molecule has 1 atom stereocenters. The molecule has 0 fully saturated rings. The van der Waals surface area contributed by atoms with E-state index in [9.17, 15) is 9.90 Å². The Kier molecular flexibility index (Phi) is 8.72. The summed E-state index contributed by atoms with van der Waals surface area (Å²) >= 11 is 0. The van der Waals surface area contributed by atoms with E-state index >= 15 is 0 Å². The van der Waals surface area contributed by atoms with Crippen LogP contribution in [0.1, 0.15) is 32.4 Å². The molecule has 0 aromatic heterocycles. The van der Waals surface area contributed by atoms with Gasteiger partial charge in [0.25, 0.3) is 8.32 Å². The second kappa shape index (κ2) is 10.9. The number of carboxylic acids is 1. The molecule has 9 heteroatoms. The number of hydrogen-bond donors (Lipinski definition) is 2. The molecule has 0 radical (unpaired) electrons. The molecule has 0 aliphatic rings. The van der Waals surface area contributed by atoms with Gasteiger partial charge in [-0.1, -0.05) is 33.4 Å². The maximum atomic E-state index is 12.0. The summed E-state index contributed by atoms with van der Waals surface area (Å²) < 4.78 is 28.3. The van der Waals surface area contributed by atoms with Crippen molar-refractivity contribution in [3.63, 3.8) is 0 Å². The predicted molar refractivity (Wildman–Crippen MR) is 140 cm³/mol. The van der Waals surface area contributed by atoms with Gasteiger partial charge in [-0.25, -0.2) is 4.79 Å². The van der Waals surface area contributed by atoms with Crippen LogP contribution in [0.5, 0.6) is 28.7 Å². The summed E-state index contributed by atoms with van der Waals surface area (Å²) in [6.07, 6.45) is 0. The standard InChI is InChI=1S/C26H37NO7Si/c1-16(25(28)29)23(27-18-14-21(31-6)24(33-8)22(15-18)32-7)17-11-12-19(30-5)20(13-17)34-35(9,10)26(2,3)4/h11-15,23,27H,1H2,2-10H3,(H,28,29)/t23-/m1/s1. The number of aliphatic carboxylic acids is 1. The van der Waals surface area contributed by atoms with Crippen molar-refractivity contribution in [3.8, 4) is 28.7 Å². The Bertz CT molecular complexity index is 1050. The lowest BCUT2D eigenvalue weighted by molar-refractivity contribution is -0.132. The molecule has 0 aliphatic heterocycles. The first-order valence-corrected chi connectivity index (χ1v) is 14.1.